The maximum Gasteiger partial charge on any atom is 0.330 e. The van der Waals surface area contributed by atoms with Crippen molar-refractivity contribution < 1.29 is 0 Å². The van der Waals surface area contributed by atoms with Gasteiger partial charge in [-0.15, -0.1) is 0 Å². The lowest BCUT2D eigenvalue weighted by Crippen LogP contribution is -2.41. The van der Waals surface area contributed by atoms with Crippen LogP contribution in [0.2, 0.25) is 0 Å². The minimum atomic E-state index is -0.264. The summed E-state index contributed by atoms with van der Waals surface area (Å²) in [6.45, 7) is 2.77. The smallest absolute Gasteiger partial charge is 0.308 e. The van der Waals surface area contributed by atoms with Crippen LogP contribution in [0.1, 0.15) is 44.7 Å². The SMILES string of the molecule is CC(NCc1cc(=O)n(C)c(=O)n1C)C1CCCCC1. The molecule has 2 rings (SSSR count). The monoisotopic (exact) mass is 279 g/mol. The molecule has 1 unspecified atom stereocenters. The highest BCUT2D eigenvalue weighted by molar-refractivity contribution is 5.02. The van der Waals surface area contributed by atoms with Crippen LogP contribution in [0.4, 0.5) is 0 Å². The quantitative estimate of drug-likeness (QED) is 0.899. The lowest BCUT2D eigenvalue weighted by Gasteiger charge is -2.28. The predicted molar refractivity (Wildman–Crippen MR) is 79.8 cm³/mol. The van der Waals surface area contributed by atoms with Crippen LogP contribution >= 0.6 is 0 Å². The van der Waals surface area contributed by atoms with Crippen LogP contribution in [0.15, 0.2) is 15.7 Å². The van der Waals surface area contributed by atoms with Crippen LogP contribution in [0, 0.1) is 5.92 Å². The van der Waals surface area contributed by atoms with Crippen molar-refractivity contribution in [3.63, 3.8) is 0 Å². The van der Waals surface area contributed by atoms with Gasteiger partial charge in [0.05, 0.1) is 0 Å². The van der Waals surface area contributed by atoms with Crippen LogP contribution in [0.5, 0.6) is 0 Å². The molecule has 5 nitrogen and oxygen atoms in total. The Morgan fingerprint density at radius 3 is 2.50 bits per heavy atom. The maximum atomic E-state index is 11.9. The van der Waals surface area contributed by atoms with Gasteiger partial charge < -0.3 is 5.32 Å². The molecular formula is C15H25N3O2. The molecule has 1 aliphatic rings. The van der Waals surface area contributed by atoms with E-state index in [9.17, 15) is 9.59 Å². The summed E-state index contributed by atoms with van der Waals surface area (Å²) in [5.41, 5.74) is 0.246. The average Bonchev–Trinajstić information content (AvgIpc) is 2.48. The van der Waals surface area contributed by atoms with Gasteiger partial charge >= 0.3 is 5.69 Å². The molecule has 1 aromatic rings. The summed E-state index contributed by atoms with van der Waals surface area (Å²) in [6.07, 6.45) is 6.56. The molecule has 0 radical (unpaired) electrons. The van der Waals surface area contributed by atoms with E-state index >= 15 is 0 Å². The first-order chi connectivity index (χ1) is 9.50. The van der Waals surface area contributed by atoms with Crippen molar-refractivity contribution in [1.82, 2.24) is 14.5 Å². The fourth-order valence-electron chi connectivity index (χ4n) is 3.01. The summed E-state index contributed by atoms with van der Waals surface area (Å²) in [7, 11) is 3.22. The molecule has 0 saturated heterocycles. The second-order valence-corrected chi connectivity index (χ2v) is 5.94. The summed E-state index contributed by atoms with van der Waals surface area (Å²) in [5.74, 6) is 0.715. The van der Waals surface area contributed by atoms with Crippen molar-refractivity contribution in [1.29, 1.82) is 0 Å². The van der Waals surface area contributed by atoms with Gasteiger partial charge in [-0.3, -0.25) is 13.9 Å². The Kier molecular flexibility index (Phi) is 4.81. The maximum absolute atomic E-state index is 11.9. The van der Waals surface area contributed by atoms with Gasteiger partial charge in [-0.1, -0.05) is 19.3 Å². The average molecular weight is 279 g/mol. The molecule has 112 valence electrons. The zero-order valence-corrected chi connectivity index (χ0v) is 12.7. The highest BCUT2D eigenvalue weighted by Gasteiger charge is 2.19. The molecule has 1 atom stereocenters. The van der Waals surface area contributed by atoms with Crippen LogP contribution in [-0.2, 0) is 20.6 Å². The van der Waals surface area contributed by atoms with Crippen molar-refractivity contribution in [3.05, 3.63) is 32.6 Å². The third-order valence-corrected chi connectivity index (χ3v) is 4.59. The highest BCUT2D eigenvalue weighted by Crippen LogP contribution is 2.26. The van der Waals surface area contributed by atoms with Crippen LogP contribution in [-0.4, -0.2) is 15.2 Å². The Morgan fingerprint density at radius 1 is 1.20 bits per heavy atom. The van der Waals surface area contributed by atoms with Gasteiger partial charge in [0, 0.05) is 38.4 Å². The van der Waals surface area contributed by atoms with Gasteiger partial charge in [0.25, 0.3) is 5.56 Å². The fourth-order valence-corrected chi connectivity index (χ4v) is 3.01. The van der Waals surface area contributed by atoms with Crippen LogP contribution in [0.25, 0.3) is 0 Å². The standard InChI is InChI=1S/C15H25N3O2/c1-11(12-7-5-4-6-8-12)16-10-13-9-14(19)18(3)15(20)17(13)2/h9,11-12,16H,4-8,10H2,1-3H3. The van der Waals surface area contributed by atoms with E-state index in [1.54, 1.807) is 17.7 Å². The van der Waals surface area contributed by atoms with Crippen molar-refractivity contribution in [2.45, 2.75) is 51.6 Å². The van der Waals surface area contributed by atoms with Gasteiger partial charge in [0.2, 0.25) is 0 Å². The highest BCUT2D eigenvalue weighted by atomic mass is 16.2. The van der Waals surface area contributed by atoms with E-state index in [1.165, 1.54) is 39.2 Å². The third kappa shape index (κ3) is 3.20. The van der Waals surface area contributed by atoms with E-state index in [0.29, 0.717) is 18.5 Å². The molecular weight excluding hydrogens is 254 g/mol. The molecule has 0 spiro atoms. The molecule has 0 aromatic carbocycles. The lowest BCUT2D eigenvalue weighted by atomic mass is 9.84. The van der Waals surface area contributed by atoms with Crippen LogP contribution in [0.3, 0.4) is 0 Å². The van der Waals surface area contributed by atoms with E-state index in [2.05, 4.69) is 12.2 Å². The van der Waals surface area contributed by atoms with Crippen LogP contribution < -0.4 is 16.6 Å². The van der Waals surface area contributed by atoms with E-state index < -0.39 is 0 Å². The fraction of sp³-hybridized carbons (Fsp3) is 0.733. The molecule has 1 aliphatic carbocycles. The third-order valence-electron chi connectivity index (χ3n) is 4.59. The van der Waals surface area contributed by atoms with Crippen molar-refractivity contribution in [2.75, 3.05) is 0 Å². The zero-order chi connectivity index (χ0) is 14.7. The number of rotatable bonds is 4. The van der Waals surface area contributed by atoms with Gasteiger partial charge in [-0.2, -0.15) is 0 Å². The summed E-state index contributed by atoms with van der Waals surface area (Å²) in [5, 5.41) is 3.48. The number of hydrogen-bond donors (Lipinski definition) is 1. The molecule has 20 heavy (non-hydrogen) atoms. The van der Waals surface area contributed by atoms with Crippen molar-refractivity contribution in [3.8, 4) is 0 Å². The van der Waals surface area contributed by atoms with Crippen molar-refractivity contribution >= 4 is 0 Å². The summed E-state index contributed by atoms with van der Waals surface area (Å²) in [6, 6.07) is 1.97. The number of aromatic nitrogens is 2. The van der Waals surface area contributed by atoms with E-state index in [4.69, 9.17) is 0 Å². The number of hydrogen-bond acceptors (Lipinski definition) is 3. The van der Waals surface area contributed by atoms with Gasteiger partial charge in [0.15, 0.2) is 0 Å². The number of nitrogens with one attached hydrogen (secondary N) is 1. The van der Waals surface area contributed by atoms with E-state index in [0.717, 1.165) is 10.3 Å². The Labute approximate surface area is 119 Å². The molecule has 0 bridgehead atoms. The topological polar surface area (TPSA) is 56.0 Å². The normalized spacial score (nSPS) is 18.1. The second kappa shape index (κ2) is 6.39. The lowest BCUT2D eigenvalue weighted by molar-refractivity contribution is 0.279. The first-order valence-electron chi connectivity index (χ1n) is 7.50. The van der Waals surface area contributed by atoms with E-state index in [1.807, 2.05) is 0 Å². The molecule has 1 fully saturated rings. The predicted octanol–water partition coefficient (Wildman–Crippen LogP) is 1.14. The zero-order valence-electron chi connectivity index (χ0n) is 12.7. The molecule has 1 saturated carbocycles. The molecule has 0 amide bonds. The van der Waals surface area contributed by atoms with Gasteiger partial charge in [-0.05, 0) is 25.7 Å². The number of nitrogens with zero attached hydrogens (tertiary/aromatic N) is 2. The van der Waals surface area contributed by atoms with Gasteiger partial charge in [0.1, 0.15) is 0 Å². The molecule has 1 heterocycles. The first-order valence-corrected chi connectivity index (χ1v) is 7.50. The largest absolute Gasteiger partial charge is 0.330 e. The summed E-state index contributed by atoms with van der Waals surface area (Å²) >= 11 is 0. The van der Waals surface area contributed by atoms with Gasteiger partial charge in [-0.25, -0.2) is 4.79 Å². The van der Waals surface area contributed by atoms with E-state index in [-0.39, 0.29) is 11.2 Å². The second-order valence-electron chi connectivity index (χ2n) is 5.94. The molecule has 0 aliphatic heterocycles. The molecule has 1 aromatic heterocycles. The summed E-state index contributed by atoms with van der Waals surface area (Å²) in [4.78, 5) is 23.5. The minimum absolute atomic E-state index is 0.241. The Balaban J connectivity index is 2.04. The first kappa shape index (κ1) is 15.0. The minimum Gasteiger partial charge on any atom is -0.308 e. The summed E-state index contributed by atoms with van der Waals surface area (Å²) < 4.78 is 2.68. The Bertz CT molecular complexity index is 567. The Hall–Kier alpha value is -1.36. The van der Waals surface area contributed by atoms with Crippen molar-refractivity contribution in [2.24, 2.45) is 20.0 Å². The molecule has 1 N–H and O–H groups in total. The Morgan fingerprint density at radius 2 is 1.85 bits per heavy atom. The molecule has 5 heteroatoms.